The molecule has 0 bridgehead atoms. The highest BCUT2D eigenvalue weighted by Crippen LogP contribution is 2.28. The minimum Gasteiger partial charge on any atom is -0.487 e. The van der Waals surface area contributed by atoms with Crippen LogP contribution in [-0.2, 0) is 4.79 Å². The van der Waals surface area contributed by atoms with Crippen LogP contribution < -0.4 is 10.1 Å². The van der Waals surface area contributed by atoms with Crippen molar-refractivity contribution in [2.75, 3.05) is 31.5 Å². The summed E-state index contributed by atoms with van der Waals surface area (Å²) in [6.07, 6.45) is 6.28. The van der Waals surface area contributed by atoms with Crippen molar-refractivity contribution < 1.29 is 14.3 Å². The van der Waals surface area contributed by atoms with Crippen LogP contribution in [0.3, 0.4) is 0 Å². The quantitative estimate of drug-likeness (QED) is 0.564. The Hall–Kier alpha value is -3.88. The van der Waals surface area contributed by atoms with Crippen molar-refractivity contribution in [3.05, 3.63) is 61.1 Å². The highest BCUT2D eigenvalue weighted by molar-refractivity contribution is 6.09. The molecule has 9 nitrogen and oxygen atoms in total. The first-order chi connectivity index (χ1) is 16.1. The Balaban J connectivity index is 1.29. The monoisotopic (exact) mass is 446 g/mol. The number of anilines is 1. The summed E-state index contributed by atoms with van der Waals surface area (Å²) in [5.41, 5.74) is 1.13. The molecule has 3 aromatic rings. The lowest BCUT2D eigenvalue weighted by Gasteiger charge is -2.39. The molecule has 2 saturated heterocycles. The van der Waals surface area contributed by atoms with Crippen LogP contribution in [0.1, 0.15) is 23.2 Å². The molecule has 2 N–H and O–H groups in total. The van der Waals surface area contributed by atoms with E-state index in [0.717, 1.165) is 25.1 Å². The maximum Gasteiger partial charge on any atom is 0.256 e. The summed E-state index contributed by atoms with van der Waals surface area (Å²) in [5.74, 6) is 1.24. The molecule has 0 spiro atoms. The third-order valence-corrected chi connectivity index (χ3v) is 6.13. The average molecular weight is 447 g/mol. The Labute approximate surface area is 191 Å². The largest absolute Gasteiger partial charge is 0.487 e. The second-order valence-electron chi connectivity index (χ2n) is 8.38. The van der Waals surface area contributed by atoms with Gasteiger partial charge in [0.2, 0.25) is 5.91 Å². The molecule has 2 aliphatic rings. The normalized spacial score (nSPS) is 18.6. The van der Waals surface area contributed by atoms with Gasteiger partial charge in [0.05, 0.1) is 24.0 Å². The molecule has 1 aromatic carbocycles. The number of carbonyl (C=O) groups excluding carboxylic acids is 2. The standard InChI is InChI=1S/C24H26N6O3/c1-2-20(31)29-10-6-7-16(12-29)28-23-21-19(11-25-22(21)26-15-27-23)24(32)30-13-18(14-30)33-17-8-4-3-5-9-17/h2-5,8-9,11,15-16,18H,1,6-7,10,12-14H2,(H2,25,26,27,28). The number of ether oxygens (including phenoxy) is 1. The topological polar surface area (TPSA) is 103 Å². The zero-order chi connectivity index (χ0) is 22.8. The Kier molecular flexibility index (Phi) is 5.68. The number of aromatic amines is 1. The van der Waals surface area contributed by atoms with E-state index in [9.17, 15) is 9.59 Å². The first-order valence-electron chi connectivity index (χ1n) is 11.1. The molecule has 2 aliphatic heterocycles. The maximum absolute atomic E-state index is 13.2. The molecule has 0 saturated carbocycles. The molecule has 1 atom stereocenters. The van der Waals surface area contributed by atoms with Gasteiger partial charge in [0, 0.05) is 25.3 Å². The number of likely N-dealkylation sites (tertiary alicyclic amines) is 2. The van der Waals surface area contributed by atoms with Crippen molar-refractivity contribution in [1.82, 2.24) is 24.8 Å². The molecule has 170 valence electrons. The zero-order valence-corrected chi connectivity index (χ0v) is 18.2. The number of para-hydroxylation sites is 1. The number of hydrogen-bond acceptors (Lipinski definition) is 6. The summed E-state index contributed by atoms with van der Waals surface area (Å²) in [5, 5.41) is 4.10. The molecule has 2 amide bonds. The van der Waals surface area contributed by atoms with Gasteiger partial charge < -0.3 is 24.8 Å². The summed E-state index contributed by atoms with van der Waals surface area (Å²) in [6, 6.07) is 9.65. The third-order valence-electron chi connectivity index (χ3n) is 6.13. The van der Waals surface area contributed by atoms with Gasteiger partial charge in [0.1, 0.15) is 29.6 Å². The predicted molar refractivity (Wildman–Crippen MR) is 124 cm³/mol. The van der Waals surface area contributed by atoms with E-state index >= 15 is 0 Å². The number of benzene rings is 1. The number of rotatable bonds is 6. The molecular formula is C24H26N6O3. The minimum absolute atomic E-state index is 0.0222. The Morgan fingerprint density at radius 1 is 1.15 bits per heavy atom. The molecule has 4 heterocycles. The molecule has 33 heavy (non-hydrogen) atoms. The molecule has 5 rings (SSSR count). The molecule has 0 aliphatic carbocycles. The maximum atomic E-state index is 13.2. The van der Waals surface area contributed by atoms with E-state index in [-0.39, 0.29) is 24.0 Å². The lowest BCUT2D eigenvalue weighted by atomic mass is 10.0. The van der Waals surface area contributed by atoms with E-state index in [0.29, 0.717) is 42.0 Å². The molecule has 2 fully saturated rings. The van der Waals surface area contributed by atoms with Gasteiger partial charge in [-0.25, -0.2) is 9.97 Å². The number of fused-ring (bicyclic) bond motifs is 1. The van der Waals surface area contributed by atoms with Gasteiger partial charge >= 0.3 is 0 Å². The summed E-state index contributed by atoms with van der Waals surface area (Å²) >= 11 is 0. The van der Waals surface area contributed by atoms with Gasteiger partial charge in [-0.3, -0.25) is 9.59 Å². The molecule has 1 unspecified atom stereocenters. The van der Waals surface area contributed by atoms with Gasteiger partial charge in [-0.05, 0) is 31.1 Å². The van der Waals surface area contributed by atoms with Crippen molar-refractivity contribution in [1.29, 1.82) is 0 Å². The van der Waals surface area contributed by atoms with Crippen molar-refractivity contribution >= 4 is 28.7 Å². The fourth-order valence-corrected chi connectivity index (χ4v) is 4.40. The van der Waals surface area contributed by atoms with Gasteiger partial charge in [0.15, 0.2) is 0 Å². The summed E-state index contributed by atoms with van der Waals surface area (Å²) in [7, 11) is 0. The molecule has 9 heteroatoms. The fraction of sp³-hybridized carbons (Fsp3) is 0.333. The lowest BCUT2D eigenvalue weighted by molar-refractivity contribution is -0.127. The number of nitrogens with one attached hydrogen (secondary N) is 2. The van der Waals surface area contributed by atoms with Crippen LogP contribution in [-0.4, -0.2) is 74.9 Å². The average Bonchev–Trinajstić information content (AvgIpc) is 3.26. The van der Waals surface area contributed by atoms with Gasteiger partial charge in [-0.2, -0.15) is 0 Å². The van der Waals surface area contributed by atoms with Crippen LogP contribution >= 0.6 is 0 Å². The molecular weight excluding hydrogens is 420 g/mol. The van der Waals surface area contributed by atoms with E-state index in [1.807, 2.05) is 30.3 Å². The van der Waals surface area contributed by atoms with E-state index in [1.165, 1.54) is 12.4 Å². The Morgan fingerprint density at radius 2 is 1.97 bits per heavy atom. The van der Waals surface area contributed by atoms with Gasteiger partial charge in [-0.1, -0.05) is 24.8 Å². The summed E-state index contributed by atoms with van der Waals surface area (Å²) in [4.78, 5) is 40.6. The highest BCUT2D eigenvalue weighted by Gasteiger charge is 2.34. The van der Waals surface area contributed by atoms with Gasteiger partial charge in [0.25, 0.3) is 5.91 Å². The van der Waals surface area contributed by atoms with E-state index < -0.39 is 0 Å². The second kappa shape index (κ2) is 8.93. The summed E-state index contributed by atoms with van der Waals surface area (Å²) in [6.45, 7) is 5.92. The zero-order valence-electron chi connectivity index (χ0n) is 18.2. The van der Waals surface area contributed by atoms with Crippen molar-refractivity contribution in [2.45, 2.75) is 25.0 Å². The van der Waals surface area contributed by atoms with Crippen LogP contribution in [0.4, 0.5) is 5.82 Å². The van der Waals surface area contributed by atoms with E-state index in [4.69, 9.17) is 4.74 Å². The van der Waals surface area contributed by atoms with E-state index in [2.05, 4.69) is 26.8 Å². The Morgan fingerprint density at radius 3 is 2.76 bits per heavy atom. The number of aromatic nitrogens is 3. The second-order valence-corrected chi connectivity index (χ2v) is 8.38. The van der Waals surface area contributed by atoms with Crippen LogP contribution in [0, 0.1) is 0 Å². The number of piperidine rings is 1. The first-order valence-corrected chi connectivity index (χ1v) is 11.1. The highest BCUT2D eigenvalue weighted by atomic mass is 16.5. The molecule has 0 radical (unpaired) electrons. The lowest BCUT2D eigenvalue weighted by Crippen LogP contribution is -2.56. The number of nitrogens with zero attached hydrogens (tertiary/aromatic N) is 4. The third kappa shape index (κ3) is 4.26. The number of hydrogen-bond donors (Lipinski definition) is 2. The fourth-order valence-electron chi connectivity index (χ4n) is 4.40. The van der Waals surface area contributed by atoms with Crippen molar-refractivity contribution in [3.8, 4) is 5.75 Å². The number of carbonyl (C=O) groups is 2. The minimum atomic E-state index is -0.0842. The number of H-pyrrole nitrogens is 1. The van der Waals surface area contributed by atoms with Crippen LogP contribution in [0.2, 0.25) is 0 Å². The van der Waals surface area contributed by atoms with Crippen molar-refractivity contribution in [3.63, 3.8) is 0 Å². The smallest absolute Gasteiger partial charge is 0.256 e. The van der Waals surface area contributed by atoms with Crippen LogP contribution in [0.5, 0.6) is 5.75 Å². The van der Waals surface area contributed by atoms with Crippen LogP contribution in [0.15, 0.2) is 55.5 Å². The summed E-state index contributed by atoms with van der Waals surface area (Å²) < 4.78 is 5.92. The van der Waals surface area contributed by atoms with Gasteiger partial charge in [-0.15, -0.1) is 0 Å². The number of amides is 2. The first kappa shape index (κ1) is 21.0. The van der Waals surface area contributed by atoms with Crippen LogP contribution in [0.25, 0.3) is 11.0 Å². The predicted octanol–water partition coefficient (Wildman–Crippen LogP) is 2.45. The van der Waals surface area contributed by atoms with E-state index in [1.54, 1.807) is 16.0 Å². The SMILES string of the molecule is C=CC(=O)N1CCCC(Nc2ncnc3[nH]cc(C(=O)N4CC(Oc5ccccc5)C4)c23)C1. The molecule has 2 aromatic heterocycles. The van der Waals surface area contributed by atoms with Crippen molar-refractivity contribution in [2.24, 2.45) is 0 Å². The Bertz CT molecular complexity index is 1170.